The van der Waals surface area contributed by atoms with Gasteiger partial charge < -0.3 is 4.57 Å². The quantitative estimate of drug-likeness (QED) is 0.415. The van der Waals surface area contributed by atoms with Crippen LogP contribution >= 0.6 is 0 Å². The van der Waals surface area contributed by atoms with Gasteiger partial charge in [0.25, 0.3) is 0 Å². The second-order valence-corrected chi connectivity index (χ2v) is 7.25. The van der Waals surface area contributed by atoms with Gasteiger partial charge in [-0.25, -0.2) is 4.98 Å². The van der Waals surface area contributed by atoms with E-state index in [4.69, 9.17) is 4.98 Å². The molecule has 0 bridgehead atoms. The second-order valence-electron chi connectivity index (χ2n) is 7.25. The van der Waals surface area contributed by atoms with Crippen LogP contribution in [0.5, 0.6) is 0 Å². The standard InChI is InChI=1S/C23H20N4/c1-14-10-15(2)19(16(3)11-14)12-27-13-26-22-17-6-4-8-24-20(17)21-18(23(22)27)7-5-9-25-21/h4-11,13H,12H2,1-3H3. The van der Waals surface area contributed by atoms with Crippen LogP contribution < -0.4 is 0 Å². The number of aromatic nitrogens is 4. The minimum Gasteiger partial charge on any atom is -0.325 e. The largest absolute Gasteiger partial charge is 0.325 e. The van der Waals surface area contributed by atoms with E-state index in [0.717, 1.165) is 39.4 Å². The molecule has 5 aromatic rings. The van der Waals surface area contributed by atoms with Crippen LogP contribution in [0, 0.1) is 20.8 Å². The summed E-state index contributed by atoms with van der Waals surface area (Å²) in [5.74, 6) is 0. The second kappa shape index (κ2) is 5.88. The molecule has 27 heavy (non-hydrogen) atoms. The molecular weight excluding hydrogens is 332 g/mol. The average Bonchev–Trinajstić information content (AvgIpc) is 3.09. The number of benzene rings is 2. The lowest BCUT2D eigenvalue weighted by Gasteiger charge is -2.14. The Morgan fingerprint density at radius 2 is 1.41 bits per heavy atom. The van der Waals surface area contributed by atoms with Gasteiger partial charge in [-0.2, -0.15) is 0 Å². The Morgan fingerprint density at radius 1 is 0.778 bits per heavy atom. The highest BCUT2D eigenvalue weighted by atomic mass is 15.0. The van der Waals surface area contributed by atoms with Crippen LogP contribution in [-0.2, 0) is 6.54 Å². The molecule has 4 nitrogen and oxygen atoms in total. The molecule has 0 atom stereocenters. The predicted octanol–water partition coefficient (Wildman–Crippen LogP) is 5.11. The van der Waals surface area contributed by atoms with E-state index in [1.807, 2.05) is 30.9 Å². The normalized spacial score (nSPS) is 11.7. The number of nitrogens with zero attached hydrogens (tertiary/aromatic N) is 4. The third kappa shape index (κ3) is 2.40. The smallest absolute Gasteiger partial charge is 0.0987 e. The van der Waals surface area contributed by atoms with Gasteiger partial charge >= 0.3 is 0 Å². The third-order valence-corrected chi connectivity index (χ3v) is 5.36. The molecule has 2 aromatic carbocycles. The minimum absolute atomic E-state index is 0.796. The molecule has 0 N–H and O–H groups in total. The van der Waals surface area contributed by atoms with E-state index >= 15 is 0 Å². The number of fused-ring (bicyclic) bond motifs is 6. The summed E-state index contributed by atoms with van der Waals surface area (Å²) < 4.78 is 2.25. The van der Waals surface area contributed by atoms with Gasteiger partial charge in [0.2, 0.25) is 0 Å². The molecule has 0 spiro atoms. The number of aryl methyl sites for hydroxylation is 3. The summed E-state index contributed by atoms with van der Waals surface area (Å²) in [5, 5.41) is 2.15. The maximum Gasteiger partial charge on any atom is 0.0987 e. The van der Waals surface area contributed by atoms with Crippen molar-refractivity contribution in [2.24, 2.45) is 0 Å². The van der Waals surface area contributed by atoms with Gasteiger partial charge in [-0.05, 0) is 61.7 Å². The highest BCUT2D eigenvalue weighted by molar-refractivity contribution is 6.20. The van der Waals surface area contributed by atoms with E-state index in [9.17, 15) is 0 Å². The Labute approximate surface area is 157 Å². The Balaban J connectivity index is 1.83. The monoisotopic (exact) mass is 352 g/mol. The third-order valence-electron chi connectivity index (χ3n) is 5.36. The van der Waals surface area contributed by atoms with Gasteiger partial charge in [0.05, 0.1) is 28.4 Å². The lowest BCUT2D eigenvalue weighted by molar-refractivity contribution is 0.813. The van der Waals surface area contributed by atoms with E-state index in [1.165, 1.54) is 22.3 Å². The van der Waals surface area contributed by atoms with Crippen LogP contribution in [0.1, 0.15) is 22.3 Å². The molecule has 0 saturated heterocycles. The van der Waals surface area contributed by atoms with Crippen molar-refractivity contribution in [2.75, 3.05) is 0 Å². The zero-order valence-electron chi connectivity index (χ0n) is 15.7. The lowest BCUT2D eigenvalue weighted by atomic mass is 9.99. The van der Waals surface area contributed by atoms with Crippen LogP contribution in [0.25, 0.3) is 32.8 Å². The van der Waals surface area contributed by atoms with E-state index < -0.39 is 0 Å². The number of rotatable bonds is 2. The van der Waals surface area contributed by atoms with Crippen molar-refractivity contribution >= 4 is 32.8 Å². The molecule has 0 amide bonds. The summed E-state index contributed by atoms with van der Waals surface area (Å²) in [7, 11) is 0. The Kier molecular flexibility index (Phi) is 3.47. The maximum absolute atomic E-state index is 4.77. The van der Waals surface area contributed by atoms with Gasteiger partial charge in [-0.15, -0.1) is 0 Å². The van der Waals surface area contributed by atoms with E-state index in [-0.39, 0.29) is 0 Å². The van der Waals surface area contributed by atoms with E-state index in [1.54, 1.807) is 0 Å². The number of pyridine rings is 2. The average molecular weight is 352 g/mol. The van der Waals surface area contributed by atoms with Crippen LogP contribution in [0.3, 0.4) is 0 Å². The number of hydrogen-bond acceptors (Lipinski definition) is 3. The van der Waals surface area contributed by atoms with E-state index in [2.05, 4.69) is 59.6 Å². The van der Waals surface area contributed by atoms with Crippen molar-refractivity contribution < 1.29 is 0 Å². The molecule has 0 radical (unpaired) electrons. The van der Waals surface area contributed by atoms with Crippen LogP contribution in [0.4, 0.5) is 0 Å². The van der Waals surface area contributed by atoms with Crippen molar-refractivity contribution in [1.82, 2.24) is 19.5 Å². The summed E-state index contributed by atoms with van der Waals surface area (Å²) in [6.45, 7) is 7.32. The van der Waals surface area contributed by atoms with Crippen molar-refractivity contribution in [2.45, 2.75) is 27.3 Å². The van der Waals surface area contributed by atoms with Crippen molar-refractivity contribution in [3.8, 4) is 0 Å². The maximum atomic E-state index is 4.77. The number of imidazole rings is 1. The molecular formula is C23H20N4. The first-order valence-corrected chi connectivity index (χ1v) is 9.16. The molecule has 0 aliphatic rings. The van der Waals surface area contributed by atoms with Gasteiger partial charge in [-0.1, -0.05) is 17.7 Å². The lowest BCUT2D eigenvalue weighted by Crippen LogP contribution is -2.03. The topological polar surface area (TPSA) is 43.6 Å². The predicted molar refractivity (Wildman–Crippen MR) is 110 cm³/mol. The fraction of sp³-hybridized carbons (Fsp3) is 0.174. The SMILES string of the molecule is Cc1cc(C)c(Cn2cnc3c4cccnc4c4ncccc4c32)c(C)c1. The molecule has 0 unspecified atom stereocenters. The molecule has 3 heterocycles. The summed E-state index contributed by atoms with van der Waals surface area (Å²) in [5.41, 5.74) is 9.24. The molecule has 3 aromatic heterocycles. The summed E-state index contributed by atoms with van der Waals surface area (Å²) in [6.07, 6.45) is 5.60. The van der Waals surface area contributed by atoms with Crippen LogP contribution in [0.15, 0.2) is 55.1 Å². The fourth-order valence-corrected chi connectivity index (χ4v) is 4.18. The molecule has 5 rings (SSSR count). The molecule has 132 valence electrons. The fourth-order valence-electron chi connectivity index (χ4n) is 4.18. The summed E-state index contributed by atoms with van der Waals surface area (Å²) in [6, 6.07) is 12.6. The first kappa shape index (κ1) is 15.9. The molecule has 0 saturated carbocycles. The van der Waals surface area contributed by atoms with Crippen molar-refractivity contribution in [1.29, 1.82) is 0 Å². The van der Waals surface area contributed by atoms with Crippen molar-refractivity contribution in [3.05, 3.63) is 77.4 Å². The molecule has 0 fully saturated rings. The molecule has 4 heteroatoms. The summed E-state index contributed by atoms with van der Waals surface area (Å²) in [4.78, 5) is 14.0. The van der Waals surface area contributed by atoms with Crippen LogP contribution in [-0.4, -0.2) is 19.5 Å². The number of hydrogen-bond donors (Lipinski definition) is 0. The first-order chi connectivity index (χ1) is 13.1. The summed E-state index contributed by atoms with van der Waals surface area (Å²) >= 11 is 0. The van der Waals surface area contributed by atoms with Crippen molar-refractivity contribution in [3.63, 3.8) is 0 Å². The van der Waals surface area contributed by atoms with Gasteiger partial charge in [0.15, 0.2) is 0 Å². The Morgan fingerprint density at radius 3 is 2.11 bits per heavy atom. The van der Waals surface area contributed by atoms with Gasteiger partial charge in [0.1, 0.15) is 0 Å². The Bertz CT molecular complexity index is 1310. The highest BCUT2D eigenvalue weighted by Crippen LogP contribution is 2.32. The van der Waals surface area contributed by atoms with Crippen LogP contribution in [0.2, 0.25) is 0 Å². The Hall–Kier alpha value is -3.27. The zero-order valence-corrected chi connectivity index (χ0v) is 15.7. The van der Waals surface area contributed by atoms with E-state index in [0.29, 0.717) is 0 Å². The zero-order chi connectivity index (χ0) is 18.5. The minimum atomic E-state index is 0.796. The first-order valence-electron chi connectivity index (χ1n) is 9.16. The molecule has 0 aliphatic heterocycles. The highest BCUT2D eigenvalue weighted by Gasteiger charge is 2.15. The van der Waals surface area contributed by atoms with Gasteiger partial charge in [-0.3, -0.25) is 9.97 Å². The molecule has 0 aliphatic carbocycles. The van der Waals surface area contributed by atoms with Gasteiger partial charge in [0, 0.05) is 29.7 Å².